The molecule has 8 heteroatoms. The second-order valence-corrected chi connectivity index (χ2v) is 8.19. The van der Waals surface area contributed by atoms with Crippen molar-refractivity contribution in [2.45, 2.75) is 19.9 Å². The van der Waals surface area contributed by atoms with Crippen LogP contribution in [0.5, 0.6) is 0 Å². The third-order valence-corrected chi connectivity index (χ3v) is 5.52. The monoisotopic (exact) mass is 388 g/mol. The summed E-state index contributed by atoms with van der Waals surface area (Å²) in [5.74, 6) is 3.67. The van der Waals surface area contributed by atoms with Crippen LogP contribution < -0.4 is 10.2 Å². The minimum Gasteiger partial charge on any atom is -0.339 e. The first-order chi connectivity index (χ1) is 12.6. The van der Waals surface area contributed by atoms with Crippen LogP contribution in [0, 0.1) is 0 Å². The molecule has 1 aliphatic rings. The summed E-state index contributed by atoms with van der Waals surface area (Å²) in [6.07, 6.45) is 1.84. The third-order valence-electron chi connectivity index (χ3n) is 4.35. The summed E-state index contributed by atoms with van der Waals surface area (Å²) in [7, 11) is 0. The Kier molecular flexibility index (Phi) is 4.91. The number of hydrogen-bond donors (Lipinski definition) is 1. The molecule has 6 nitrogen and oxygen atoms in total. The van der Waals surface area contributed by atoms with Crippen LogP contribution in [0.4, 0.5) is 17.5 Å². The standard InChI is InChI=1S/C18H21ClN6S/c1-12(2)25-11-20-15-16(21-14-5-3-4-13(19)10-14)22-18(23-17(15)25)24-6-8-26-9-7-24/h3-5,10-12H,6-9H2,1-2H3,(H,21,22,23). The van der Waals surface area contributed by atoms with Crippen molar-refractivity contribution in [1.29, 1.82) is 0 Å². The van der Waals surface area contributed by atoms with E-state index in [2.05, 4.69) is 33.6 Å². The van der Waals surface area contributed by atoms with Gasteiger partial charge in [-0.15, -0.1) is 0 Å². The van der Waals surface area contributed by atoms with Crippen molar-refractivity contribution in [2.75, 3.05) is 34.8 Å². The zero-order valence-electron chi connectivity index (χ0n) is 14.8. The molecule has 1 saturated heterocycles. The highest BCUT2D eigenvalue weighted by molar-refractivity contribution is 7.99. The number of thioether (sulfide) groups is 1. The minimum absolute atomic E-state index is 0.277. The Morgan fingerprint density at radius 2 is 2.00 bits per heavy atom. The van der Waals surface area contributed by atoms with Gasteiger partial charge in [0, 0.05) is 41.3 Å². The van der Waals surface area contributed by atoms with E-state index in [1.807, 2.05) is 42.4 Å². The fraction of sp³-hybridized carbons (Fsp3) is 0.389. The molecule has 0 saturated carbocycles. The summed E-state index contributed by atoms with van der Waals surface area (Å²) < 4.78 is 2.09. The van der Waals surface area contributed by atoms with Gasteiger partial charge in [-0.05, 0) is 32.0 Å². The molecule has 0 bridgehead atoms. The highest BCUT2D eigenvalue weighted by Crippen LogP contribution is 2.28. The maximum absolute atomic E-state index is 6.12. The van der Waals surface area contributed by atoms with Gasteiger partial charge in [0.25, 0.3) is 0 Å². The van der Waals surface area contributed by atoms with E-state index < -0.39 is 0 Å². The number of anilines is 3. The predicted molar refractivity (Wildman–Crippen MR) is 110 cm³/mol. The fourth-order valence-corrected chi connectivity index (χ4v) is 4.07. The molecule has 4 rings (SSSR count). The van der Waals surface area contributed by atoms with Crippen molar-refractivity contribution in [2.24, 2.45) is 0 Å². The number of hydrogen-bond acceptors (Lipinski definition) is 6. The lowest BCUT2D eigenvalue weighted by Crippen LogP contribution is -2.34. The molecule has 1 aromatic carbocycles. The van der Waals surface area contributed by atoms with Crippen molar-refractivity contribution in [3.05, 3.63) is 35.6 Å². The van der Waals surface area contributed by atoms with Crippen molar-refractivity contribution in [1.82, 2.24) is 19.5 Å². The number of nitrogens with one attached hydrogen (secondary N) is 1. The number of benzene rings is 1. The molecule has 2 aromatic heterocycles. The maximum atomic E-state index is 6.12. The van der Waals surface area contributed by atoms with Crippen LogP contribution >= 0.6 is 23.4 Å². The maximum Gasteiger partial charge on any atom is 0.229 e. The van der Waals surface area contributed by atoms with Crippen LogP contribution in [-0.4, -0.2) is 44.1 Å². The summed E-state index contributed by atoms with van der Waals surface area (Å²) in [5, 5.41) is 4.06. The van der Waals surface area contributed by atoms with Gasteiger partial charge in [-0.2, -0.15) is 21.7 Å². The average Bonchev–Trinajstić information content (AvgIpc) is 3.07. The Bertz CT molecular complexity index is 919. The summed E-state index contributed by atoms with van der Waals surface area (Å²) in [4.78, 5) is 16.4. The van der Waals surface area contributed by atoms with Gasteiger partial charge in [-0.1, -0.05) is 17.7 Å². The number of halogens is 1. The zero-order chi connectivity index (χ0) is 18.1. The van der Waals surface area contributed by atoms with E-state index in [-0.39, 0.29) is 6.04 Å². The highest BCUT2D eigenvalue weighted by atomic mass is 35.5. The first kappa shape index (κ1) is 17.4. The average molecular weight is 389 g/mol. The zero-order valence-corrected chi connectivity index (χ0v) is 16.4. The quantitative estimate of drug-likeness (QED) is 0.716. The lowest BCUT2D eigenvalue weighted by molar-refractivity contribution is 0.612. The van der Waals surface area contributed by atoms with Crippen LogP contribution in [0.3, 0.4) is 0 Å². The van der Waals surface area contributed by atoms with Crippen molar-refractivity contribution in [3.63, 3.8) is 0 Å². The second kappa shape index (κ2) is 7.32. The number of fused-ring (bicyclic) bond motifs is 1. The predicted octanol–water partition coefficient (Wildman–Crippen LogP) is 4.36. The van der Waals surface area contributed by atoms with Gasteiger partial charge in [0.15, 0.2) is 17.0 Å². The molecule has 1 N–H and O–H groups in total. The molecule has 1 fully saturated rings. The molecule has 0 unspecified atom stereocenters. The lowest BCUT2D eigenvalue weighted by Gasteiger charge is -2.26. The number of imidazole rings is 1. The summed E-state index contributed by atoms with van der Waals surface area (Å²) in [5.41, 5.74) is 2.51. The molecule has 0 atom stereocenters. The van der Waals surface area contributed by atoms with Gasteiger partial charge in [0.1, 0.15) is 0 Å². The Labute approximate surface area is 162 Å². The van der Waals surface area contributed by atoms with E-state index >= 15 is 0 Å². The molecule has 0 radical (unpaired) electrons. The first-order valence-electron chi connectivity index (χ1n) is 8.71. The Morgan fingerprint density at radius 3 is 2.73 bits per heavy atom. The Morgan fingerprint density at radius 1 is 1.19 bits per heavy atom. The molecule has 0 spiro atoms. The number of rotatable bonds is 4. The van der Waals surface area contributed by atoms with Gasteiger partial charge in [0.05, 0.1) is 6.33 Å². The summed E-state index contributed by atoms with van der Waals surface area (Å²) >= 11 is 8.09. The van der Waals surface area contributed by atoms with Crippen LogP contribution in [0.2, 0.25) is 5.02 Å². The Balaban J connectivity index is 1.81. The van der Waals surface area contributed by atoms with Crippen LogP contribution in [-0.2, 0) is 0 Å². The van der Waals surface area contributed by atoms with E-state index in [1.165, 1.54) is 0 Å². The van der Waals surface area contributed by atoms with E-state index in [0.29, 0.717) is 10.8 Å². The smallest absolute Gasteiger partial charge is 0.229 e. The fourth-order valence-electron chi connectivity index (χ4n) is 2.98. The number of aromatic nitrogens is 4. The van der Waals surface area contributed by atoms with Gasteiger partial charge in [-0.25, -0.2) is 4.98 Å². The lowest BCUT2D eigenvalue weighted by atomic mass is 10.3. The molecule has 136 valence electrons. The molecule has 0 amide bonds. The minimum atomic E-state index is 0.277. The molecule has 3 heterocycles. The summed E-state index contributed by atoms with van der Waals surface area (Å²) in [6.45, 7) is 6.18. The van der Waals surface area contributed by atoms with Gasteiger partial charge in [-0.3, -0.25) is 0 Å². The Hall–Kier alpha value is -1.99. The largest absolute Gasteiger partial charge is 0.339 e. The van der Waals surface area contributed by atoms with Crippen LogP contribution in [0.15, 0.2) is 30.6 Å². The molecular weight excluding hydrogens is 368 g/mol. The van der Waals surface area contributed by atoms with E-state index in [1.54, 1.807) is 0 Å². The van der Waals surface area contributed by atoms with E-state index in [9.17, 15) is 0 Å². The third kappa shape index (κ3) is 3.46. The molecule has 3 aromatic rings. The van der Waals surface area contributed by atoms with Gasteiger partial charge >= 0.3 is 0 Å². The first-order valence-corrected chi connectivity index (χ1v) is 10.2. The summed E-state index contributed by atoms with van der Waals surface area (Å²) in [6, 6.07) is 7.90. The van der Waals surface area contributed by atoms with Crippen molar-refractivity contribution < 1.29 is 0 Å². The molecule has 1 aliphatic heterocycles. The van der Waals surface area contributed by atoms with Crippen molar-refractivity contribution >= 4 is 52.0 Å². The molecule has 0 aliphatic carbocycles. The molecule has 26 heavy (non-hydrogen) atoms. The van der Waals surface area contributed by atoms with Gasteiger partial charge < -0.3 is 14.8 Å². The second-order valence-electron chi connectivity index (χ2n) is 6.52. The van der Waals surface area contributed by atoms with Crippen LogP contribution in [0.25, 0.3) is 11.2 Å². The topological polar surface area (TPSA) is 58.9 Å². The number of nitrogens with zero attached hydrogens (tertiary/aromatic N) is 5. The van der Waals surface area contributed by atoms with Gasteiger partial charge in [0.2, 0.25) is 5.95 Å². The molecular formula is C18H21ClN6S. The van der Waals surface area contributed by atoms with E-state index in [0.717, 1.165) is 47.4 Å². The van der Waals surface area contributed by atoms with Crippen LogP contribution in [0.1, 0.15) is 19.9 Å². The normalized spacial score (nSPS) is 15.0. The van der Waals surface area contributed by atoms with Crippen molar-refractivity contribution in [3.8, 4) is 0 Å². The SMILES string of the molecule is CC(C)n1cnc2c(Nc3cccc(Cl)c3)nc(N3CCSCC3)nc21. The highest BCUT2D eigenvalue weighted by Gasteiger charge is 2.20. The van der Waals surface area contributed by atoms with E-state index in [4.69, 9.17) is 21.6 Å².